The van der Waals surface area contributed by atoms with E-state index in [1.54, 1.807) is 36.5 Å². The second-order valence-corrected chi connectivity index (χ2v) is 4.75. The molecule has 0 fully saturated rings. The molecule has 6 heteroatoms. The number of carbonyl (C=O) groups excluding carboxylic acids is 1. The first-order chi connectivity index (χ1) is 10.1. The Hall–Kier alpha value is -2.47. The molecule has 2 rings (SSSR count). The summed E-state index contributed by atoms with van der Waals surface area (Å²) in [5.74, 6) is 5.81. The van der Waals surface area contributed by atoms with Gasteiger partial charge in [-0.05, 0) is 30.2 Å². The number of amides is 1. The van der Waals surface area contributed by atoms with Gasteiger partial charge in [0.25, 0.3) is 5.91 Å². The summed E-state index contributed by atoms with van der Waals surface area (Å²) in [5, 5.41) is 0. The Balaban J connectivity index is 2.19. The quantitative estimate of drug-likeness (QED) is 0.644. The van der Waals surface area contributed by atoms with Crippen molar-refractivity contribution < 1.29 is 4.79 Å². The minimum Gasteiger partial charge on any atom is -0.337 e. The number of carbonyl (C=O) groups is 1. The number of rotatable bonds is 5. The molecule has 6 nitrogen and oxygen atoms in total. The molecule has 1 amide bonds. The normalized spacial score (nSPS) is 10.2. The fourth-order valence-corrected chi connectivity index (χ4v) is 2.02. The van der Waals surface area contributed by atoms with Crippen molar-refractivity contribution in [3.05, 3.63) is 53.5 Å². The molecular formula is C15H19N5O. The van der Waals surface area contributed by atoms with Gasteiger partial charge in [0, 0.05) is 37.2 Å². The van der Waals surface area contributed by atoms with Crippen molar-refractivity contribution in [2.75, 3.05) is 12.5 Å². The van der Waals surface area contributed by atoms with E-state index in [9.17, 15) is 4.79 Å². The third-order valence-electron chi connectivity index (χ3n) is 3.12. The molecule has 3 N–H and O–H groups in total. The molecule has 2 aromatic rings. The summed E-state index contributed by atoms with van der Waals surface area (Å²) >= 11 is 0. The van der Waals surface area contributed by atoms with Gasteiger partial charge >= 0.3 is 0 Å². The number of aryl methyl sites for hydroxylation is 1. The molecule has 0 aromatic carbocycles. The molecule has 0 aliphatic rings. The van der Waals surface area contributed by atoms with Crippen LogP contribution in [0.15, 0.2) is 36.7 Å². The molecule has 21 heavy (non-hydrogen) atoms. The van der Waals surface area contributed by atoms with Crippen LogP contribution in [0.4, 0.5) is 5.82 Å². The van der Waals surface area contributed by atoms with Crippen molar-refractivity contribution in [3.63, 3.8) is 0 Å². The molecule has 0 unspecified atom stereocenters. The maximum atomic E-state index is 12.5. The highest BCUT2D eigenvalue weighted by molar-refractivity contribution is 5.94. The predicted molar refractivity (Wildman–Crippen MR) is 81.5 cm³/mol. The van der Waals surface area contributed by atoms with E-state index in [4.69, 9.17) is 5.84 Å². The topological polar surface area (TPSA) is 84.1 Å². The summed E-state index contributed by atoms with van der Waals surface area (Å²) in [4.78, 5) is 22.5. The lowest BCUT2D eigenvalue weighted by Crippen LogP contribution is -2.26. The van der Waals surface area contributed by atoms with Gasteiger partial charge in [0.2, 0.25) is 0 Å². The van der Waals surface area contributed by atoms with Crippen molar-refractivity contribution in [1.82, 2.24) is 14.9 Å². The Morgan fingerprint density at radius 3 is 2.86 bits per heavy atom. The van der Waals surface area contributed by atoms with E-state index in [1.807, 2.05) is 19.1 Å². The average molecular weight is 285 g/mol. The number of anilines is 1. The maximum absolute atomic E-state index is 12.5. The van der Waals surface area contributed by atoms with E-state index in [0.29, 0.717) is 17.9 Å². The molecule has 0 aliphatic carbocycles. The summed E-state index contributed by atoms with van der Waals surface area (Å²) in [6, 6.07) is 7.24. The van der Waals surface area contributed by atoms with Gasteiger partial charge in [-0.25, -0.2) is 10.8 Å². The molecule has 0 bridgehead atoms. The Bertz CT molecular complexity index is 592. The van der Waals surface area contributed by atoms with E-state index < -0.39 is 0 Å². The SMILES string of the molecule is CCc1cc(C(=O)N(C)Cc2cccnc2)cc(NN)n1. The van der Waals surface area contributed by atoms with Crippen molar-refractivity contribution in [2.45, 2.75) is 19.9 Å². The van der Waals surface area contributed by atoms with Gasteiger partial charge in [-0.15, -0.1) is 0 Å². The summed E-state index contributed by atoms with van der Waals surface area (Å²) < 4.78 is 0. The van der Waals surface area contributed by atoms with Crippen LogP contribution in [0.3, 0.4) is 0 Å². The van der Waals surface area contributed by atoms with Crippen molar-refractivity contribution >= 4 is 11.7 Å². The second-order valence-electron chi connectivity index (χ2n) is 4.75. The number of aromatic nitrogens is 2. The van der Waals surface area contributed by atoms with E-state index >= 15 is 0 Å². The molecule has 0 saturated heterocycles. The predicted octanol–water partition coefficient (Wildman–Crippen LogP) is 1.60. The van der Waals surface area contributed by atoms with Crippen LogP contribution in [0.2, 0.25) is 0 Å². The van der Waals surface area contributed by atoms with E-state index in [2.05, 4.69) is 15.4 Å². The Morgan fingerprint density at radius 1 is 1.43 bits per heavy atom. The highest BCUT2D eigenvalue weighted by Crippen LogP contribution is 2.13. The number of nitrogens with two attached hydrogens (primary N) is 1. The highest BCUT2D eigenvalue weighted by Gasteiger charge is 2.14. The highest BCUT2D eigenvalue weighted by atomic mass is 16.2. The minimum atomic E-state index is -0.0764. The van der Waals surface area contributed by atoms with E-state index in [-0.39, 0.29) is 5.91 Å². The molecule has 0 atom stereocenters. The molecular weight excluding hydrogens is 266 g/mol. The zero-order valence-electron chi connectivity index (χ0n) is 12.2. The first-order valence-corrected chi connectivity index (χ1v) is 6.76. The smallest absolute Gasteiger partial charge is 0.254 e. The number of hydrogen-bond donors (Lipinski definition) is 2. The molecule has 0 radical (unpaired) electrons. The number of hydrazine groups is 1. The standard InChI is InChI=1S/C15H19N5O/c1-3-13-7-12(8-14(18-13)19-16)15(21)20(2)10-11-5-4-6-17-9-11/h4-9H,3,10,16H2,1-2H3,(H,18,19). The van der Waals surface area contributed by atoms with Gasteiger partial charge in [-0.1, -0.05) is 13.0 Å². The summed E-state index contributed by atoms with van der Waals surface area (Å²) in [6.07, 6.45) is 4.20. The lowest BCUT2D eigenvalue weighted by Gasteiger charge is -2.18. The first-order valence-electron chi connectivity index (χ1n) is 6.76. The van der Waals surface area contributed by atoms with Gasteiger partial charge < -0.3 is 10.3 Å². The van der Waals surface area contributed by atoms with Crippen molar-refractivity contribution in [2.24, 2.45) is 5.84 Å². The van der Waals surface area contributed by atoms with Crippen LogP contribution in [-0.4, -0.2) is 27.8 Å². The van der Waals surface area contributed by atoms with Gasteiger partial charge in [0.15, 0.2) is 0 Å². The number of nitrogen functional groups attached to an aromatic ring is 1. The van der Waals surface area contributed by atoms with Crippen LogP contribution in [0.25, 0.3) is 0 Å². The van der Waals surface area contributed by atoms with Crippen LogP contribution >= 0.6 is 0 Å². The average Bonchev–Trinajstić information content (AvgIpc) is 2.54. The lowest BCUT2D eigenvalue weighted by atomic mass is 10.1. The fraction of sp³-hybridized carbons (Fsp3) is 0.267. The largest absolute Gasteiger partial charge is 0.337 e. The fourth-order valence-electron chi connectivity index (χ4n) is 2.02. The van der Waals surface area contributed by atoms with Crippen LogP contribution in [0, 0.1) is 0 Å². The molecule has 2 heterocycles. The molecule has 110 valence electrons. The van der Waals surface area contributed by atoms with Crippen LogP contribution in [0.1, 0.15) is 28.5 Å². The number of nitrogens with one attached hydrogen (secondary N) is 1. The minimum absolute atomic E-state index is 0.0764. The van der Waals surface area contributed by atoms with Crippen molar-refractivity contribution in [1.29, 1.82) is 0 Å². The molecule has 0 saturated carbocycles. The first kappa shape index (κ1) is 14.9. The van der Waals surface area contributed by atoms with Gasteiger partial charge in [-0.2, -0.15) is 0 Å². The zero-order valence-corrected chi connectivity index (χ0v) is 12.2. The van der Waals surface area contributed by atoms with Gasteiger partial charge in [-0.3, -0.25) is 9.78 Å². The summed E-state index contributed by atoms with van der Waals surface area (Å²) in [6.45, 7) is 2.48. The Labute approximate surface area is 124 Å². The monoisotopic (exact) mass is 285 g/mol. The second kappa shape index (κ2) is 6.81. The number of pyridine rings is 2. The maximum Gasteiger partial charge on any atom is 0.254 e. The van der Waals surface area contributed by atoms with E-state index in [1.165, 1.54) is 0 Å². The van der Waals surface area contributed by atoms with Crippen molar-refractivity contribution in [3.8, 4) is 0 Å². The molecule has 0 spiro atoms. The van der Waals surface area contributed by atoms with Gasteiger partial charge in [0.05, 0.1) is 0 Å². The van der Waals surface area contributed by atoms with Crippen LogP contribution in [-0.2, 0) is 13.0 Å². The molecule has 2 aromatic heterocycles. The number of nitrogens with zero attached hydrogens (tertiary/aromatic N) is 3. The van der Waals surface area contributed by atoms with E-state index in [0.717, 1.165) is 17.7 Å². The van der Waals surface area contributed by atoms with Crippen LogP contribution < -0.4 is 11.3 Å². The zero-order chi connectivity index (χ0) is 15.2. The summed E-state index contributed by atoms with van der Waals surface area (Å²) in [7, 11) is 1.76. The number of hydrogen-bond acceptors (Lipinski definition) is 5. The summed E-state index contributed by atoms with van der Waals surface area (Å²) in [5.41, 5.74) is 4.87. The Morgan fingerprint density at radius 2 is 2.24 bits per heavy atom. The van der Waals surface area contributed by atoms with Gasteiger partial charge in [0.1, 0.15) is 5.82 Å². The third-order valence-corrected chi connectivity index (χ3v) is 3.12. The lowest BCUT2D eigenvalue weighted by molar-refractivity contribution is 0.0785. The molecule has 0 aliphatic heterocycles. The van der Waals surface area contributed by atoms with Crippen LogP contribution in [0.5, 0.6) is 0 Å². The third kappa shape index (κ3) is 3.76. The Kier molecular flexibility index (Phi) is 4.84.